The Morgan fingerprint density at radius 1 is 1.27 bits per heavy atom. The van der Waals surface area contributed by atoms with Crippen molar-refractivity contribution in [1.82, 2.24) is 4.98 Å². The molecule has 3 nitrogen and oxygen atoms in total. The van der Waals surface area contributed by atoms with Crippen LogP contribution in [0.25, 0.3) is 10.9 Å². The van der Waals surface area contributed by atoms with Crippen LogP contribution in [0.2, 0.25) is 5.02 Å². The number of aryl methyl sites for hydroxylation is 1. The molecule has 0 aliphatic carbocycles. The van der Waals surface area contributed by atoms with Crippen molar-refractivity contribution in [2.45, 2.75) is 23.1 Å². The minimum absolute atomic E-state index is 0.0348. The molecule has 0 spiro atoms. The monoisotopic (exact) mass is 331 g/mol. The highest BCUT2D eigenvalue weighted by molar-refractivity contribution is 7.99. The van der Waals surface area contributed by atoms with E-state index in [2.05, 4.69) is 4.98 Å². The van der Waals surface area contributed by atoms with E-state index >= 15 is 0 Å². The SMILES string of the molecule is Cc1[nH]c2ccc(Cl)cc2c1Sc1cccc(CC(=O)O)c1. The van der Waals surface area contributed by atoms with Crippen LogP contribution in [0.3, 0.4) is 0 Å². The number of benzene rings is 2. The van der Waals surface area contributed by atoms with E-state index in [4.69, 9.17) is 16.7 Å². The summed E-state index contributed by atoms with van der Waals surface area (Å²) >= 11 is 7.71. The van der Waals surface area contributed by atoms with Crippen LogP contribution in [0.1, 0.15) is 11.3 Å². The lowest BCUT2D eigenvalue weighted by Crippen LogP contribution is -1.99. The van der Waals surface area contributed by atoms with Gasteiger partial charge in [-0.3, -0.25) is 4.79 Å². The van der Waals surface area contributed by atoms with Crippen LogP contribution in [0.15, 0.2) is 52.3 Å². The molecule has 22 heavy (non-hydrogen) atoms. The van der Waals surface area contributed by atoms with Gasteiger partial charge in [-0.25, -0.2) is 0 Å². The van der Waals surface area contributed by atoms with Crippen molar-refractivity contribution in [2.75, 3.05) is 0 Å². The van der Waals surface area contributed by atoms with Gasteiger partial charge in [-0.1, -0.05) is 35.5 Å². The third-order valence-corrected chi connectivity index (χ3v) is 4.82. The molecule has 2 aromatic carbocycles. The van der Waals surface area contributed by atoms with Crippen LogP contribution in [0, 0.1) is 6.92 Å². The van der Waals surface area contributed by atoms with E-state index in [1.54, 1.807) is 11.8 Å². The Kier molecular flexibility index (Phi) is 4.14. The standard InChI is InChI=1S/C17H14ClNO2S/c1-10-17(14-9-12(18)5-6-15(14)19-10)22-13-4-2-3-11(7-13)8-16(20)21/h2-7,9,19H,8H2,1H3,(H,20,21). The minimum Gasteiger partial charge on any atom is -0.481 e. The summed E-state index contributed by atoms with van der Waals surface area (Å²) < 4.78 is 0. The minimum atomic E-state index is -0.822. The van der Waals surface area contributed by atoms with Crippen molar-refractivity contribution < 1.29 is 9.90 Å². The average molecular weight is 332 g/mol. The number of aliphatic carboxylic acids is 1. The first kappa shape index (κ1) is 15.0. The van der Waals surface area contributed by atoms with E-state index in [-0.39, 0.29) is 6.42 Å². The first-order chi connectivity index (χ1) is 10.5. The highest BCUT2D eigenvalue weighted by atomic mass is 35.5. The van der Waals surface area contributed by atoms with E-state index < -0.39 is 5.97 Å². The fourth-order valence-corrected chi connectivity index (χ4v) is 3.66. The third-order valence-electron chi connectivity index (χ3n) is 3.36. The molecule has 0 saturated carbocycles. The Hall–Kier alpha value is -1.91. The molecule has 0 bridgehead atoms. The molecule has 0 amide bonds. The van der Waals surface area contributed by atoms with Gasteiger partial charge in [-0.15, -0.1) is 0 Å². The van der Waals surface area contributed by atoms with Crippen LogP contribution in [0.5, 0.6) is 0 Å². The number of carboxylic acid groups (broad SMARTS) is 1. The zero-order chi connectivity index (χ0) is 15.7. The number of fused-ring (bicyclic) bond motifs is 1. The van der Waals surface area contributed by atoms with E-state index in [9.17, 15) is 4.79 Å². The van der Waals surface area contributed by atoms with Gasteiger partial charge < -0.3 is 10.1 Å². The zero-order valence-electron chi connectivity index (χ0n) is 11.9. The van der Waals surface area contributed by atoms with Crippen molar-refractivity contribution in [1.29, 1.82) is 0 Å². The van der Waals surface area contributed by atoms with Crippen LogP contribution in [-0.4, -0.2) is 16.1 Å². The Morgan fingerprint density at radius 3 is 2.86 bits per heavy atom. The number of carboxylic acids is 1. The highest BCUT2D eigenvalue weighted by Crippen LogP contribution is 2.37. The fraction of sp³-hybridized carbons (Fsp3) is 0.118. The van der Waals surface area contributed by atoms with Crippen LogP contribution in [0.4, 0.5) is 0 Å². The number of carbonyl (C=O) groups is 1. The molecule has 0 aliphatic heterocycles. The predicted octanol–water partition coefficient (Wildman–Crippen LogP) is 4.91. The number of aromatic amines is 1. The van der Waals surface area contributed by atoms with Crippen molar-refractivity contribution >= 4 is 40.2 Å². The van der Waals surface area contributed by atoms with Gasteiger partial charge in [-0.2, -0.15) is 0 Å². The smallest absolute Gasteiger partial charge is 0.307 e. The maximum absolute atomic E-state index is 10.8. The summed E-state index contributed by atoms with van der Waals surface area (Å²) in [6.07, 6.45) is 0.0348. The molecule has 2 N–H and O–H groups in total. The van der Waals surface area contributed by atoms with E-state index in [1.165, 1.54) is 0 Å². The second-order valence-corrected chi connectivity index (χ2v) is 6.61. The van der Waals surface area contributed by atoms with Gasteiger partial charge in [0.25, 0.3) is 0 Å². The molecular formula is C17H14ClNO2S. The van der Waals surface area contributed by atoms with Crippen molar-refractivity contribution in [3.63, 3.8) is 0 Å². The number of hydrogen-bond acceptors (Lipinski definition) is 2. The first-order valence-electron chi connectivity index (χ1n) is 6.79. The summed E-state index contributed by atoms with van der Waals surface area (Å²) in [5.41, 5.74) is 2.92. The van der Waals surface area contributed by atoms with Crippen LogP contribution < -0.4 is 0 Å². The summed E-state index contributed by atoms with van der Waals surface area (Å²) in [7, 11) is 0. The van der Waals surface area contributed by atoms with Gasteiger partial charge in [0.1, 0.15) is 0 Å². The molecule has 1 aromatic heterocycles. The Labute approximate surface area is 137 Å². The number of H-pyrrole nitrogens is 1. The zero-order valence-corrected chi connectivity index (χ0v) is 13.5. The molecule has 5 heteroatoms. The maximum Gasteiger partial charge on any atom is 0.307 e. The lowest BCUT2D eigenvalue weighted by atomic mass is 10.2. The number of aromatic nitrogens is 1. The summed E-state index contributed by atoms with van der Waals surface area (Å²) in [6.45, 7) is 2.03. The van der Waals surface area contributed by atoms with E-state index in [1.807, 2.05) is 49.4 Å². The maximum atomic E-state index is 10.8. The molecule has 0 fully saturated rings. The number of hydrogen-bond donors (Lipinski definition) is 2. The molecule has 3 rings (SSSR count). The topological polar surface area (TPSA) is 53.1 Å². The lowest BCUT2D eigenvalue weighted by Gasteiger charge is -2.04. The summed E-state index contributed by atoms with van der Waals surface area (Å²) in [4.78, 5) is 16.3. The van der Waals surface area contributed by atoms with Crippen LogP contribution >= 0.6 is 23.4 Å². The normalized spacial score (nSPS) is 11.0. The van der Waals surface area contributed by atoms with E-state index in [0.717, 1.165) is 32.0 Å². The number of rotatable bonds is 4. The number of halogens is 1. The van der Waals surface area contributed by atoms with Gasteiger partial charge in [0.15, 0.2) is 0 Å². The van der Waals surface area contributed by atoms with Gasteiger partial charge >= 0.3 is 5.97 Å². The Bertz CT molecular complexity index is 857. The number of nitrogens with one attached hydrogen (secondary N) is 1. The summed E-state index contributed by atoms with van der Waals surface area (Å²) in [5.74, 6) is -0.822. The van der Waals surface area contributed by atoms with Crippen molar-refractivity contribution in [3.05, 3.63) is 58.7 Å². The molecule has 0 radical (unpaired) electrons. The second kappa shape index (κ2) is 6.07. The van der Waals surface area contributed by atoms with Gasteiger partial charge in [0, 0.05) is 31.4 Å². The molecular weight excluding hydrogens is 318 g/mol. The average Bonchev–Trinajstić information content (AvgIpc) is 2.75. The molecule has 1 heterocycles. The first-order valence-corrected chi connectivity index (χ1v) is 7.99. The van der Waals surface area contributed by atoms with Crippen molar-refractivity contribution in [3.8, 4) is 0 Å². The molecule has 0 atom stereocenters. The predicted molar refractivity (Wildman–Crippen MR) is 90.0 cm³/mol. The highest BCUT2D eigenvalue weighted by Gasteiger charge is 2.11. The second-order valence-electron chi connectivity index (χ2n) is 5.09. The fourth-order valence-electron chi connectivity index (χ4n) is 2.42. The molecule has 0 unspecified atom stereocenters. The quantitative estimate of drug-likeness (QED) is 0.714. The van der Waals surface area contributed by atoms with E-state index in [0.29, 0.717) is 5.02 Å². The summed E-state index contributed by atoms with van der Waals surface area (Å²) in [5, 5.41) is 10.7. The van der Waals surface area contributed by atoms with Crippen LogP contribution in [-0.2, 0) is 11.2 Å². The van der Waals surface area contributed by atoms with Crippen molar-refractivity contribution in [2.24, 2.45) is 0 Å². The molecule has 3 aromatic rings. The van der Waals surface area contributed by atoms with Gasteiger partial charge in [0.2, 0.25) is 0 Å². The molecule has 0 saturated heterocycles. The summed E-state index contributed by atoms with van der Waals surface area (Å²) in [6, 6.07) is 13.4. The third kappa shape index (κ3) is 3.13. The molecule has 0 aliphatic rings. The molecule has 112 valence electrons. The Morgan fingerprint density at radius 2 is 2.09 bits per heavy atom. The lowest BCUT2D eigenvalue weighted by molar-refractivity contribution is -0.136. The van der Waals surface area contributed by atoms with Gasteiger partial charge in [-0.05, 0) is 42.8 Å². The Balaban J connectivity index is 1.98. The van der Waals surface area contributed by atoms with Gasteiger partial charge in [0.05, 0.1) is 6.42 Å². The largest absolute Gasteiger partial charge is 0.481 e.